The van der Waals surface area contributed by atoms with Crippen LogP contribution in [0.25, 0.3) is 0 Å². The van der Waals surface area contributed by atoms with Crippen molar-refractivity contribution < 1.29 is 14.2 Å². The van der Waals surface area contributed by atoms with Gasteiger partial charge < -0.3 is 20.9 Å². The van der Waals surface area contributed by atoms with E-state index in [9.17, 15) is 9.50 Å². The molecule has 5 heteroatoms. The van der Waals surface area contributed by atoms with E-state index in [0.717, 1.165) is 31.2 Å². The van der Waals surface area contributed by atoms with Gasteiger partial charge in [0.05, 0.1) is 7.11 Å². The molecule has 4 N–H and O–H groups in total. The number of hydrogen-bond acceptors (Lipinski definition) is 4. The van der Waals surface area contributed by atoms with Crippen molar-refractivity contribution in [3.05, 3.63) is 29.6 Å². The first-order chi connectivity index (χ1) is 10.2. The zero-order chi connectivity index (χ0) is 15.2. The lowest BCUT2D eigenvalue weighted by Crippen LogP contribution is -2.44. The molecule has 0 radical (unpaired) electrons. The number of halogens is 1. The topological polar surface area (TPSA) is 67.5 Å². The monoisotopic (exact) mass is 296 g/mol. The Labute approximate surface area is 125 Å². The molecule has 1 aromatic carbocycles. The van der Waals surface area contributed by atoms with Gasteiger partial charge in [-0.1, -0.05) is 18.9 Å². The summed E-state index contributed by atoms with van der Waals surface area (Å²) in [5, 5.41) is 13.0. The van der Waals surface area contributed by atoms with Crippen molar-refractivity contribution in [2.75, 3.05) is 20.3 Å². The average Bonchev–Trinajstić information content (AvgIpc) is 2.52. The van der Waals surface area contributed by atoms with Crippen molar-refractivity contribution in [1.29, 1.82) is 0 Å². The summed E-state index contributed by atoms with van der Waals surface area (Å²) < 4.78 is 18.8. The van der Waals surface area contributed by atoms with Crippen LogP contribution >= 0.6 is 0 Å². The Morgan fingerprint density at radius 3 is 2.81 bits per heavy atom. The van der Waals surface area contributed by atoms with Gasteiger partial charge in [-0.2, -0.15) is 0 Å². The van der Waals surface area contributed by atoms with Crippen molar-refractivity contribution in [3.63, 3.8) is 0 Å². The van der Waals surface area contributed by atoms with Gasteiger partial charge in [-0.25, -0.2) is 4.39 Å². The number of nitrogens with two attached hydrogens (primary N) is 1. The maximum absolute atomic E-state index is 13.8. The molecule has 1 fully saturated rings. The number of ether oxygens (including phenoxy) is 1. The first-order valence-corrected chi connectivity index (χ1v) is 7.60. The molecule has 0 saturated heterocycles. The van der Waals surface area contributed by atoms with Crippen molar-refractivity contribution in [2.24, 2.45) is 11.7 Å². The van der Waals surface area contributed by atoms with E-state index in [1.54, 1.807) is 6.07 Å². The molecular formula is C16H25FN2O2. The van der Waals surface area contributed by atoms with Crippen LogP contribution in [0.4, 0.5) is 4.39 Å². The second-order valence-corrected chi connectivity index (χ2v) is 5.68. The van der Waals surface area contributed by atoms with Crippen LogP contribution < -0.4 is 15.8 Å². The van der Waals surface area contributed by atoms with Gasteiger partial charge in [0.25, 0.3) is 0 Å². The Kier molecular flexibility index (Phi) is 5.96. The van der Waals surface area contributed by atoms with Crippen LogP contribution in [0.1, 0.15) is 37.3 Å². The predicted octanol–water partition coefficient (Wildman–Crippen LogP) is 1.97. The van der Waals surface area contributed by atoms with E-state index in [4.69, 9.17) is 10.5 Å². The Morgan fingerprint density at radius 1 is 1.43 bits per heavy atom. The molecule has 3 atom stereocenters. The summed E-state index contributed by atoms with van der Waals surface area (Å²) in [6, 6.07) is 5.06. The second-order valence-electron chi connectivity index (χ2n) is 5.68. The van der Waals surface area contributed by atoms with Gasteiger partial charge in [0.2, 0.25) is 0 Å². The minimum absolute atomic E-state index is 0.109. The molecule has 0 spiro atoms. The highest BCUT2D eigenvalue weighted by atomic mass is 19.1. The van der Waals surface area contributed by atoms with Gasteiger partial charge in [0, 0.05) is 25.2 Å². The predicted molar refractivity (Wildman–Crippen MR) is 80.7 cm³/mol. The molecule has 1 saturated carbocycles. The van der Waals surface area contributed by atoms with E-state index in [-0.39, 0.29) is 36.2 Å². The lowest BCUT2D eigenvalue weighted by Gasteiger charge is -2.34. The average molecular weight is 296 g/mol. The molecule has 0 bridgehead atoms. The second kappa shape index (κ2) is 7.73. The molecular weight excluding hydrogens is 271 g/mol. The molecule has 1 aromatic rings. The van der Waals surface area contributed by atoms with E-state index >= 15 is 0 Å². The van der Waals surface area contributed by atoms with Gasteiger partial charge in [0.1, 0.15) is 0 Å². The van der Waals surface area contributed by atoms with Crippen LogP contribution in [0.3, 0.4) is 0 Å². The van der Waals surface area contributed by atoms with Crippen LogP contribution in [0.5, 0.6) is 5.75 Å². The van der Waals surface area contributed by atoms with Crippen molar-refractivity contribution >= 4 is 0 Å². The van der Waals surface area contributed by atoms with Crippen molar-refractivity contribution in [1.82, 2.24) is 5.32 Å². The van der Waals surface area contributed by atoms with E-state index in [1.165, 1.54) is 13.2 Å². The Balaban J connectivity index is 2.10. The summed E-state index contributed by atoms with van der Waals surface area (Å²) in [6.45, 7) is 0.576. The molecule has 21 heavy (non-hydrogen) atoms. The minimum atomic E-state index is -0.377. The van der Waals surface area contributed by atoms with Crippen LogP contribution in [-0.2, 0) is 0 Å². The van der Waals surface area contributed by atoms with Crippen LogP contribution in [-0.4, -0.2) is 31.4 Å². The summed E-state index contributed by atoms with van der Waals surface area (Å²) in [5.74, 6) is 0.119. The van der Waals surface area contributed by atoms with Gasteiger partial charge >= 0.3 is 0 Å². The molecule has 0 amide bonds. The summed E-state index contributed by atoms with van der Waals surface area (Å²) in [6.07, 6.45) is 4.37. The summed E-state index contributed by atoms with van der Waals surface area (Å²) >= 11 is 0. The number of aliphatic hydroxyl groups excluding tert-OH is 1. The van der Waals surface area contributed by atoms with E-state index in [1.807, 2.05) is 6.07 Å². The fourth-order valence-electron chi connectivity index (χ4n) is 3.10. The van der Waals surface area contributed by atoms with Crippen molar-refractivity contribution in [3.8, 4) is 5.75 Å². The molecule has 0 heterocycles. The van der Waals surface area contributed by atoms with Gasteiger partial charge in [0.15, 0.2) is 11.6 Å². The molecule has 4 nitrogen and oxygen atoms in total. The Morgan fingerprint density at radius 2 is 2.19 bits per heavy atom. The SMILES string of the molecule is COc1ccc(C(CN)NC2CCCCC2CO)cc1F. The summed E-state index contributed by atoms with van der Waals surface area (Å²) in [7, 11) is 1.45. The minimum Gasteiger partial charge on any atom is -0.494 e. The third-order valence-electron chi connectivity index (χ3n) is 4.37. The molecule has 1 aliphatic rings. The number of hydrogen-bond donors (Lipinski definition) is 3. The largest absolute Gasteiger partial charge is 0.494 e. The zero-order valence-corrected chi connectivity index (χ0v) is 12.5. The van der Waals surface area contributed by atoms with E-state index in [0.29, 0.717) is 6.54 Å². The first-order valence-electron chi connectivity index (χ1n) is 7.60. The van der Waals surface area contributed by atoms with Gasteiger partial charge in [-0.15, -0.1) is 0 Å². The maximum atomic E-state index is 13.8. The van der Waals surface area contributed by atoms with E-state index < -0.39 is 0 Å². The zero-order valence-electron chi connectivity index (χ0n) is 12.5. The highest BCUT2D eigenvalue weighted by Crippen LogP contribution is 2.27. The first kappa shape index (κ1) is 16.2. The number of benzene rings is 1. The van der Waals surface area contributed by atoms with Crippen LogP contribution in [0.2, 0.25) is 0 Å². The molecule has 2 rings (SSSR count). The van der Waals surface area contributed by atoms with Gasteiger partial charge in [-0.05, 0) is 36.5 Å². The smallest absolute Gasteiger partial charge is 0.165 e. The maximum Gasteiger partial charge on any atom is 0.165 e. The number of methoxy groups -OCH3 is 1. The lowest BCUT2D eigenvalue weighted by atomic mass is 9.84. The number of aliphatic hydroxyl groups is 1. The molecule has 118 valence electrons. The fraction of sp³-hybridized carbons (Fsp3) is 0.625. The Bertz CT molecular complexity index is 456. The number of rotatable bonds is 6. The lowest BCUT2D eigenvalue weighted by molar-refractivity contribution is 0.146. The van der Waals surface area contributed by atoms with Crippen LogP contribution in [0.15, 0.2) is 18.2 Å². The molecule has 0 aliphatic heterocycles. The summed E-state index contributed by atoms with van der Waals surface area (Å²) in [4.78, 5) is 0. The van der Waals surface area contributed by atoms with Gasteiger partial charge in [-0.3, -0.25) is 0 Å². The standard InChI is InChI=1S/C16H25FN2O2/c1-21-16-7-6-11(8-13(16)17)15(9-18)19-14-5-3-2-4-12(14)10-20/h6-8,12,14-15,19-20H,2-5,9-10,18H2,1H3. The highest BCUT2D eigenvalue weighted by Gasteiger charge is 2.26. The van der Waals surface area contributed by atoms with Crippen LogP contribution in [0, 0.1) is 11.7 Å². The third kappa shape index (κ3) is 3.93. The molecule has 3 unspecified atom stereocenters. The number of nitrogens with one attached hydrogen (secondary N) is 1. The Hall–Kier alpha value is -1.17. The summed E-state index contributed by atoms with van der Waals surface area (Å²) in [5.41, 5.74) is 6.67. The quantitative estimate of drug-likeness (QED) is 0.751. The van der Waals surface area contributed by atoms with Crippen molar-refractivity contribution in [2.45, 2.75) is 37.8 Å². The normalized spacial score (nSPS) is 23.8. The molecule has 1 aliphatic carbocycles. The fourth-order valence-corrected chi connectivity index (χ4v) is 3.10. The highest BCUT2D eigenvalue weighted by molar-refractivity contribution is 5.31. The van der Waals surface area contributed by atoms with E-state index in [2.05, 4.69) is 5.32 Å². The third-order valence-corrected chi connectivity index (χ3v) is 4.37. The molecule has 0 aromatic heterocycles.